The second kappa shape index (κ2) is 11.3. The van der Waals surface area contributed by atoms with Crippen molar-refractivity contribution in [2.24, 2.45) is 0 Å². The Morgan fingerprint density at radius 1 is 0.828 bits per heavy atom. The Balaban J connectivity index is 3.30. The van der Waals surface area contributed by atoms with Crippen LogP contribution in [-0.4, -0.2) is 61.3 Å². The summed E-state index contributed by atoms with van der Waals surface area (Å²) in [6.45, 7) is 2.26. The van der Waals surface area contributed by atoms with E-state index >= 15 is 0 Å². The lowest BCUT2D eigenvalue weighted by Gasteiger charge is -2.17. The molecule has 1 heterocycles. The fourth-order valence-corrected chi connectivity index (χ4v) is 2.46. The van der Waals surface area contributed by atoms with E-state index in [1.807, 2.05) is 6.92 Å². The number of aromatic nitrogens is 3. The van der Waals surface area contributed by atoms with Crippen LogP contribution < -0.4 is 17.1 Å². The summed E-state index contributed by atoms with van der Waals surface area (Å²) in [5.74, 6) is -1.29. The molecule has 0 saturated heterocycles. The van der Waals surface area contributed by atoms with Crippen molar-refractivity contribution in [1.82, 2.24) is 13.7 Å². The van der Waals surface area contributed by atoms with Crippen molar-refractivity contribution in [2.75, 3.05) is 13.2 Å². The molecule has 2 unspecified atom stereocenters. The Hall–Kier alpha value is -2.73. The normalized spacial score (nSPS) is 13.0. The summed E-state index contributed by atoms with van der Waals surface area (Å²) in [6, 6.07) is 0. The number of carbonyl (C=O) groups excluding carboxylic acids is 2. The number of aliphatic hydroxyl groups excluding tert-OH is 2. The van der Waals surface area contributed by atoms with Gasteiger partial charge in [-0.15, -0.1) is 0 Å². The average Bonchev–Trinajstić information content (AvgIpc) is 2.65. The van der Waals surface area contributed by atoms with Gasteiger partial charge in [0, 0.05) is 20.4 Å². The van der Waals surface area contributed by atoms with Crippen molar-refractivity contribution in [3.05, 3.63) is 31.5 Å². The van der Waals surface area contributed by atoms with Crippen LogP contribution in [-0.2, 0) is 38.7 Å². The molecule has 1 aromatic heterocycles. The number of unbranched alkanes of at least 4 members (excludes halogenated alkanes) is 1. The maximum absolute atomic E-state index is 12.7. The molecule has 0 aromatic carbocycles. The lowest BCUT2D eigenvalue weighted by Crippen LogP contribution is -2.56. The average molecular weight is 417 g/mol. The van der Waals surface area contributed by atoms with Crippen molar-refractivity contribution in [3.8, 4) is 0 Å². The predicted octanol–water partition coefficient (Wildman–Crippen LogP) is -2.18. The van der Waals surface area contributed by atoms with Gasteiger partial charge < -0.3 is 19.7 Å². The molecule has 0 amide bonds. The lowest BCUT2D eigenvalue weighted by atomic mass is 10.3. The van der Waals surface area contributed by atoms with E-state index in [0.29, 0.717) is 22.0 Å². The first-order chi connectivity index (χ1) is 13.6. The summed E-state index contributed by atoms with van der Waals surface area (Å²) in [5, 5.41) is 20.0. The molecule has 0 bridgehead atoms. The molecule has 164 valence electrons. The Labute approximate surface area is 165 Å². The van der Waals surface area contributed by atoms with Crippen LogP contribution in [0.3, 0.4) is 0 Å². The van der Waals surface area contributed by atoms with E-state index in [2.05, 4.69) is 9.47 Å². The maximum atomic E-state index is 12.7. The molecular formula is C17H27N3O9. The summed E-state index contributed by atoms with van der Waals surface area (Å²) in [5.41, 5.74) is -2.88. The van der Waals surface area contributed by atoms with Gasteiger partial charge in [-0.1, -0.05) is 13.3 Å². The van der Waals surface area contributed by atoms with E-state index in [0.717, 1.165) is 18.4 Å². The molecule has 12 nitrogen and oxygen atoms in total. The highest BCUT2D eigenvalue weighted by molar-refractivity contribution is 5.66. The molecule has 2 atom stereocenters. The van der Waals surface area contributed by atoms with Crippen molar-refractivity contribution in [1.29, 1.82) is 0 Å². The predicted molar refractivity (Wildman–Crippen MR) is 99.4 cm³/mol. The van der Waals surface area contributed by atoms with Crippen LogP contribution in [0.25, 0.3) is 0 Å². The Morgan fingerprint density at radius 3 is 1.55 bits per heavy atom. The highest BCUT2D eigenvalue weighted by Gasteiger charge is 2.20. The molecule has 29 heavy (non-hydrogen) atoms. The van der Waals surface area contributed by atoms with Crippen molar-refractivity contribution in [3.63, 3.8) is 0 Å². The third kappa shape index (κ3) is 7.31. The zero-order valence-corrected chi connectivity index (χ0v) is 16.7. The monoisotopic (exact) mass is 417 g/mol. The van der Waals surface area contributed by atoms with Crippen molar-refractivity contribution >= 4 is 11.9 Å². The van der Waals surface area contributed by atoms with Gasteiger partial charge in [-0.2, -0.15) is 0 Å². The van der Waals surface area contributed by atoms with Gasteiger partial charge in [0.05, 0.1) is 13.1 Å². The van der Waals surface area contributed by atoms with E-state index < -0.39 is 67.5 Å². The molecule has 12 heteroatoms. The molecule has 0 aliphatic rings. The number of esters is 2. The molecule has 0 fully saturated rings. The zero-order chi connectivity index (χ0) is 22.1. The Kier molecular flexibility index (Phi) is 9.48. The quantitative estimate of drug-likeness (QED) is 0.382. The third-order valence-corrected chi connectivity index (χ3v) is 3.87. The smallest absolute Gasteiger partial charge is 0.336 e. The minimum Gasteiger partial charge on any atom is -0.463 e. The Morgan fingerprint density at radius 2 is 1.21 bits per heavy atom. The molecule has 1 rings (SSSR count). The van der Waals surface area contributed by atoms with Gasteiger partial charge in [0.1, 0.15) is 25.4 Å². The first-order valence-electron chi connectivity index (χ1n) is 9.15. The van der Waals surface area contributed by atoms with E-state index in [4.69, 9.17) is 0 Å². The fraction of sp³-hybridized carbons (Fsp3) is 0.706. The number of rotatable bonds is 11. The molecule has 0 aliphatic carbocycles. The van der Waals surface area contributed by atoms with Gasteiger partial charge >= 0.3 is 29.0 Å². The molecule has 0 radical (unpaired) electrons. The minimum absolute atomic E-state index is 0.0362. The Bertz CT molecular complexity index is 819. The highest BCUT2D eigenvalue weighted by atomic mass is 16.5. The molecule has 2 N–H and O–H groups in total. The SMILES string of the molecule is CCCCn1c(=O)n(CC(O)COC(C)=O)c(=O)n(CC(O)COC(C)=O)c1=O. The van der Waals surface area contributed by atoms with Gasteiger partial charge in [0.2, 0.25) is 0 Å². The first kappa shape index (κ1) is 24.3. The molecular weight excluding hydrogens is 390 g/mol. The van der Waals surface area contributed by atoms with Crippen LogP contribution in [0.2, 0.25) is 0 Å². The summed E-state index contributed by atoms with van der Waals surface area (Å²) in [6.07, 6.45) is -1.56. The second-order valence-corrected chi connectivity index (χ2v) is 6.49. The molecule has 0 saturated carbocycles. The van der Waals surface area contributed by atoms with Crippen LogP contribution >= 0.6 is 0 Å². The molecule has 0 spiro atoms. The zero-order valence-electron chi connectivity index (χ0n) is 16.7. The number of aliphatic hydroxyl groups is 2. The van der Waals surface area contributed by atoms with Gasteiger partial charge in [0.25, 0.3) is 0 Å². The van der Waals surface area contributed by atoms with E-state index in [1.165, 1.54) is 0 Å². The minimum atomic E-state index is -1.36. The summed E-state index contributed by atoms with van der Waals surface area (Å²) in [7, 11) is 0. The van der Waals surface area contributed by atoms with Crippen molar-refractivity contribution in [2.45, 2.75) is 65.5 Å². The van der Waals surface area contributed by atoms with Crippen LogP contribution in [0, 0.1) is 0 Å². The standard InChI is InChI=1S/C17H27N3O9/c1-4-5-6-18-15(25)19(7-13(23)9-28-11(2)21)17(27)20(16(18)26)8-14(24)10-29-12(3)22/h13-14,23-24H,4-10H2,1-3H3. The largest absolute Gasteiger partial charge is 0.463 e. The number of hydrogen-bond donors (Lipinski definition) is 2. The van der Waals surface area contributed by atoms with Crippen LogP contribution in [0.1, 0.15) is 33.6 Å². The number of carbonyl (C=O) groups is 2. The third-order valence-electron chi connectivity index (χ3n) is 3.87. The second-order valence-electron chi connectivity index (χ2n) is 6.49. The fourth-order valence-electron chi connectivity index (χ4n) is 2.46. The number of nitrogens with zero attached hydrogens (tertiary/aromatic N) is 3. The number of hydrogen-bond acceptors (Lipinski definition) is 9. The van der Waals surface area contributed by atoms with Crippen LogP contribution in [0.4, 0.5) is 0 Å². The summed E-state index contributed by atoms with van der Waals surface area (Å²) in [4.78, 5) is 59.6. The molecule has 1 aromatic rings. The van der Waals surface area contributed by atoms with Crippen LogP contribution in [0.15, 0.2) is 14.4 Å². The van der Waals surface area contributed by atoms with Gasteiger partial charge in [-0.05, 0) is 6.42 Å². The highest BCUT2D eigenvalue weighted by Crippen LogP contribution is 1.93. The van der Waals surface area contributed by atoms with E-state index in [1.54, 1.807) is 0 Å². The van der Waals surface area contributed by atoms with Gasteiger partial charge in [-0.3, -0.25) is 9.59 Å². The van der Waals surface area contributed by atoms with Crippen molar-refractivity contribution < 1.29 is 29.3 Å². The first-order valence-corrected chi connectivity index (χ1v) is 9.15. The summed E-state index contributed by atoms with van der Waals surface area (Å²) < 4.78 is 11.4. The van der Waals surface area contributed by atoms with Gasteiger partial charge in [0.15, 0.2) is 0 Å². The topological polar surface area (TPSA) is 159 Å². The van der Waals surface area contributed by atoms with Gasteiger partial charge in [-0.25, -0.2) is 28.1 Å². The maximum Gasteiger partial charge on any atom is 0.336 e. The molecule has 0 aliphatic heterocycles. The van der Waals surface area contributed by atoms with Crippen LogP contribution in [0.5, 0.6) is 0 Å². The lowest BCUT2D eigenvalue weighted by molar-refractivity contribution is -0.144. The van der Waals surface area contributed by atoms with E-state index in [9.17, 15) is 34.2 Å². The number of ether oxygens (including phenoxy) is 2. The van der Waals surface area contributed by atoms with E-state index in [-0.39, 0.29) is 6.54 Å². The summed E-state index contributed by atoms with van der Waals surface area (Å²) >= 11 is 0.